The van der Waals surface area contributed by atoms with Crippen LogP contribution < -0.4 is 19.7 Å². The number of anilines is 1. The van der Waals surface area contributed by atoms with Gasteiger partial charge < -0.3 is 19.7 Å². The Labute approximate surface area is 114 Å². The van der Waals surface area contributed by atoms with Gasteiger partial charge in [-0.2, -0.15) is 0 Å². The first kappa shape index (κ1) is 12.6. The molecule has 0 amide bonds. The van der Waals surface area contributed by atoms with Crippen molar-refractivity contribution < 1.29 is 9.47 Å². The molecule has 0 radical (unpaired) electrons. The van der Waals surface area contributed by atoms with Gasteiger partial charge in [-0.3, -0.25) is 0 Å². The van der Waals surface area contributed by atoms with Crippen molar-refractivity contribution >= 4 is 5.69 Å². The Morgan fingerprint density at radius 1 is 1.21 bits per heavy atom. The molecule has 0 bridgehead atoms. The van der Waals surface area contributed by atoms with Crippen LogP contribution in [0.5, 0.6) is 11.5 Å². The van der Waals surface area contributed by atoms with Gasteiger partial charge >= 0.3 is 0 Å². The summed E-state index contributed by atoms with van der Waals surface area (Å²) in [6.07, 6.45) is 3.86. The molecule has 3 rings (SSSR count). The topological polar surface area (TPSA) is 33.7 Å². The maximum absolute atomic E-state index is 5.53. The second-order valence-electron chi connectivity index (χ2n) is 5.29. The average molecular weight is 262 g/mol. The minimum atomic E-state index is 0.592. The van der Waals surface area contributed by atoms with Crippen molar-refractivity contribution in [2.75, 3.05) is 32.2 Å². The fourth-order valence-electron chi connectivity index (χ4n) is 3.41. The summed E-state index contributed by atoms with van der Waals surface area (Å²) >= 11 is 0. The molecule has 4 heteroatoms. The number of rotatable bonds is 3. The molecule has 1 saturated heterocycles. The van der Waals surface area contributed by atoms with Crippen LogP contribution in [0.4, 0.5) is 5.69 Å². The maximum Gasteiger partial charge on any atom is 0.142 e. The largest absolute Gasteiger partial charge is 0.497 e. The lowest BCUT2D eigenvalue weighted by Crippen LogP contribution is -2.55. The summed E-state index contributed by atoms with van der Waals surface area (Å²) in [4.78, 5) is 2.50. The van der Waals surface area contributed by atoms with Crippen LogP contribution in [0.1, 0.15) is 19.3 Å². The van der Waals surface area contributed by atoms with Gasteiger partial charge in [-0.05, 0) is 31.4 Å². The van der Waals surface area contributed by atoms with E-state index in [1.807, 2.05) is 12.1 Å². The zero-order chi connectivity index (χ0) is 13.2. The summed E-state index contributed by atoms with van der Waals surface area (Å²) in [6, 6.07) is 7.27. The fraction of sp³-hybridized carbons (Fsp3) is 0.600. The van der Waals surface area contributed by atoms with Crippen molar-refractivity contribution in [2.45, 2.75) is 31.3 Å². The summed E-state index contributed by atoms with van der Waals surface area (Å²) < 4.78 is 10.9. The molecule has 1 saturated carbocycles. The molecule has 19 heavy (non-hydrogen) atoms. The third-order valence-electron chi connectivity index (χ3n) is 4.33. The summed E-state index contributed by atoms with van der Waals surface area (Å²) in [6.45, 7) is 2.08. The van der Waals surface area contributed by atoms with Gasteiger partial charge in [0.15, 0.2) is 0 Å². The number of benzene rings is 1. The molecule has 1 N–H and O–H groups in total. The van der Waals surface area contributed by atoms with E-state index in [0.29, 0.717) is 12.1 Å². The van der Waals surface area contributed by atoms with Crippen molar-refractivity contribution in [1.29, 1.82) is 0 Å². The predicted molar refractivity (Wildman–Crippen MR) is 76.3 cm³/mol. The molecular formula is C15H22N2O2. The van der Waals surface area contributed by atoms with E-state index in [1.165, 1.54) is 24.9 Å². The number of nitrogens with zero attached hydrogens (tertiary/aromatic N) is 1. The van der Waals surface area contributed by atoms with Crippen LogP contribution in [0.3, 0.4) is 0 Å². The quantitative estimate of drug-likeness (QED) is 0.904. The molecule has 2 atom stereocenters. The highest BCUT2D eigenvalue weighted by molar-refractivity contribution is 5.63. The Hall–Kier alpha value is -1.42. The highest BCUT2D eigenvalue weighted by atomic mass is 16.5. The number of hydrogen-bond acceptors (Lipinski definition) is 4. The summed E-state index contributed by atoms with van der Waals surface area (Å²) in [7, 11) is 3.45. The second-order valence-corrected chi connectivity index (χ2v) is 5.29. The van der Waals surface area contributed by atoms with E-state index < -0.39 is 0 Å². The standard InChI is InChI=1S/C15H22N2O2/c1-18-11-6-7-15(19-2)14(10-11)17-9-8-16-12-4-3-5-13(12)17/h6-7,10,12-13,16H,3-5,8-9H2,1-2H3/t12-,13-/m1/s1. The zero-order valence-corrected chi connectivity index (χ0v) is 11.7. The molecule has 1 aromatic rings. The van der Waals surface area contributed by atoms with Crippen molar-refractivity contribution in [1.82, 2.24) is 5.32 Å². The molecule has 1 aliphatic heterocycles. The SMILES string of the molecule is COc1ccc(OC)c(N2CCN[C@@H]3CCC[C@H]32)c1. The highest BCUT2D eigenvalue weighted by Crippen LogP contribution is 2.37. The van der Waals surface area contributed by atoms with Crippen molar-refractivity contribution in [2.24, 2.45) is 0 Å². The normalized spacial score (nSPS) is 26.1. The number of fused-ring (bicyclic) bond motifs is 1. The lowest BCUT2D eigenvalue weighted by molar-refractivity contribution is 0.382. The Morgan fingerprint density at radius 2 is 2.11 bits per heavy atom. The van der Waals surface area contributed by atoms with Gasteiger partial charge in [0, 0.05) is 31.2 Å². The van der Waals surface area contributed by atoms with E-state index in [4.69, 9.17) is 9.47 Å². The highest BCUT2D eigenvalue weighted by Gasteiger charge is 2.36. The molecule has 2 fully saturated rings. The Kier molecular flexibility index (Phi) is 3.51. The first-order valence-electron chi connectivity index (χ1n) is 7.05. The summed E-state index contributed by atoms with van der Waals surface area (Å²) in [5.74, 6) is 1.83. The van der Waals surface area contributed by atoms with Gasteiger partial charge in [0.2, 0.25) is 0 Å². The van der Waals surface area contributed by atoms with Gasteiger partial charge in [0.1, 0.15) is 11.5 Å². The average Bonchev–Trinajstić information content (AvgIpc) is 2.94. The minimum Gasteiger partial charge on any atom is -0.497 e. The number of nitrogens with one attached hydrogen (secondary N) is 1. The smallest absolute Gasteiger partial charge is 0.142 e. The van der Waals surface area contributed by atoms with E-state index >= 15 is 0 Å². The molecule has 104 valence electrons. The van der Waals surface area contributed by atoms with Gasteiger partial charge in [-0.1, -0.05) is 0 Å². The predicted octanol–water partition coefficient (Wildman–Crippen LogP) is 2.03. The van der Waals surface area contributed by atoms with E-state index in [-0.39, 0.29) is 0 Å². The van der Waals surface area contributed by atoms with Crippen LogP contribution in [0.25, 0.3) is 0 Å². The number of ether oxygens (including phenoxy) is 2. The molecule has 0 spiro atoms. The van der Waals surface area contributed by atoms with Crippen LogP contribution in [0, 0.1) is 0 Å². The summed E-state index contributed by atoms with van der Waals surface area (Å²) in [5, 5.41) is 3.63. The molecule has 2 aliphatic rings. The van der Waals surface area contributed by atoms with Crippen LogP contribution in [0.15, 0.2) is 18.2 Å². The van der Waals surface area contributed by atoms with Crippen molar-refractivity contribution in [3.8, 4) is 11.5 Å². The molecule has 4 nitrogen and oxygen atoms in total. The first-order chi connectivity index (χ1) is 9.33. The zero-order valence-electron chi connectivity index (χ0n) is 11.7. The van der Waals surface area contributed by atoms with Crippen LogP contribution >= 0.6 is 0 Å². The van der Waals surface area contributed by atoms with E-state index in [2.05, 4.69) is 16.3 Å². The molecule has 0 aromatic heterocycles. The van der Waals surface area contributed by atoms with Gasteiger partial charge in [0.05, 0.1) is 19.9 Å². The molecular weight excluding hydrogens is 240 g/mol. The molecule has 1 aliphatic carbocycles. The van der Waals surface area contributed by atoms with E-state index in [1.54, 1.807) is 14.2 Å². The number of hydrogen-bond donors (Lipinski definition) is 1. The summed E-state index contributed by atoms with van der Waals surface area (Å²) in [5.41, 5.74) is 1.17. The lowest BCUT2D eigenvalue weighted by Gasteiger charge is -2.40. The van der Waals surface area contributed by atoms with Crippen molar-refractivity contribution in [3.63, 3.8) is 0 Å². The lowest BCUT2D eigenvalue weighted by atomic mass is 10.1. The third-order valence-corrected chi connectivity index (χ3v) is 4.33. The van der Waals surface area contributed by atoms with Gasteiger partial charge in [-0.25, -0.2) is 0 Å². The Balaban J connectivity index is 1.95. The Bertz CT molecular complexity index is 450. The van der Waals surface area contributed by atoms with Gasteiger partial charge in [-0.15, -0.1) is 0 Å². The number of methoxy groups -OCH3 is 2. The van der Waals surface area contributed by atoms with E-state index in [9.17, 15) is 0 Å². The molecule has 1 aromatic carbocycles. The van der Waals surface area contributed by atoms with Crippen LogP contribution in [0.2, 0.25) is 0 Å². The molecule has 0 unspecified atom stereocenters. The van der Waals surface area contributed by atoms with Gasteiger partial charge in [0.25, 0.3) is 0 Å². The monoisotopic (exact) mass is 262 g/mol. The molecule has 1 heterocycles. The minimum absolute atomic E-state index is 0.592. The second kappa shape index (κ2) is 5.29. The van der Waals surface area contributed by atoms with Crippen LogP contribution in [-0.2, 0) is 0 Å². The van der Waals surface area contributed by atoms with Crippen molar-refractivity contribution in [3.05, 3.63) is 18.2 Å². The van der Waals surface area contributed by atoms with E-state index in [0.717, 1.165) is 24.6 Å². The Morgan fingerprint density at radius 3 is 2.89 bits per heavy atom. The first-order valence-corrected chi connectivity index (χ1v) is 7.05. The number of piperazine rings is 1. The maximum atomic E-state index is 5.53. The third kappa shape index (κ3) is 2.25. The van der Waals surface area contributed by atoms with Crippen LogP contribution in [-0.4, -0.2) is 39.4 Å². The fourth-order valence-corrected chi connectivity index (χ4v) is 3.41.